The first kappa shape index (κ1) is 28.4. The van der Waals surface area contributed by atoms with Gasteiger partial charge in [-0.3, -0.25) is 4.90 Å². The normalized spacial score (nSPS) is 23.1. The quantitative estimate of drug-likeness (QED) is 0.271. The molecule has 0 bridgehead atoms. The van der Waals surface area contributed by atoms with Gasteiger partial charge in [0.25, 0.3) is 0 Å². The predicted octanol–water partition coefficient (Wildman–Crippen LogP) is 4.31. The molecule has 39 heavy (non-hydrogen) atoms. The Bertz CT molecular complexity index is 1080. The van der Waals surface area contributed by atoms with Gasteiger partial charge in [0.05, 0.1) is 25.4 Å². The molecular weight excluding hydrogens is 504 g/mol. The third-order valence-electron chi connectivity index (χ3n) is 8.35. The molecular formula is C30H41F2N3O4. The number of ether oxygens (including phenoxy) is 2. The maximum Gasteiger partial charge on any atom is 0.171 e. The number of aryl methyl sites for hydroxylation is 2. The van der Waals surface area contributed by atoms with E-state index in [9.17, 15) is 14.6 Å². The largest absolute Gasteiger partial charge is 0.379 e. The number of halogens is 2. The Balaban J connectivity index is 1.14. The van der Waals surface area contributed by atoms with Crippen LogP contribution in [-0.4, -0.2) is 71.5 Å². The second-order valence-electron chi connectivity index (χ2n) is 11.1. The number of pyridine rings is 1. The van der Waals surface area contributed by atoms with Crippen LogP contribution in [-0.2, 0) is 28.9 Å². The third kappa shape index (κ3) is 7.32. The van der Waals surface area contributed by atoms with Crippen LogP contribution in [0.2, 0.25) is 0 Å². The zero-order valence-electron chi connectivity index (χ0n) is 22.5. The van der Waals surface area contributed by atoms with E-state index in [2.05, 4.69) is 17.4 Å². The minimum atomic E-state index is -1.73. The van der Waals surface area contributed by atoms with Crippen molar-refractivity contribution in [3.63, 3.8) is 0 Å². The predicted molar refractivity (Wildman–Crippen MR) is 145 cm³/mol. The summed E-state index contributed by atoms with van der Waals surface area (Å²) >= 11 is 0. The van der Waals surface area contributed by atoms with E-state index in [1.807, 2.05) is 4.90 Å². The van der Waals surface area contributed by atoms with Gasteiger partial charge in [-0.1, -0.05) is 18.6 Å². The maximum atomic E-state index is 15.3. The van der Waals surface area contributed by atoms with Crippen LogP contribution in [0.15, 0.2) is 30.3 Å². The van der Waals surface area contributed by atoms with Gasteiger partial charge in [0.15, 0.2) is 6.29 Å². The van der Waals surface area contributed by atoms with Gasteiger partial charge in [0.2, 0.25) is 0 Å². The summed E-state index contributed by atoms with van der Waals surface area (Å²) in [6.07, 6.45) is 3.85. The molecule has 3 aliphatic rings. The first-order valence-corrected chi connectivity index (χ1v) is 14.4. The molecule has 4 heterocycles. The van der Waals surface area contributed by atoms with E-state index < -0.39 is 24.3 Å². The Morgan fingerprint density at radius 3 is 2.90 bits per heavy atom. The van der Waals surface area contributed by atoms with E-state index in [1.165, 1.54) is 17.7 Å². The molecule has 3 aliphatic heterocycles. The van der Waals surface area contributed by atoms with Crippen LogP contribution in [0.3, 0.4) is 0 Å². The van der Waals surface area contributed by atoms with Crippen LogP contribution < -0.4 is 5.32 Å². The molecule has 9 heteroatoms. The van der Waals surface area contributed by atoms with Crippen molar-refractivity contribution < 1.29 is 28.5 Å². The monoisotopic (exact) mass is 545 g/mol. The highest BCUT2D eigenvalue weighted by atomic mass is 19.1. The number of likely N-dealkylation sites (tertiary alicyclic amines) is 1. The topological polar surface area (TPSA) is 87.1 Å². The van der Waals surface area contributed by atoms with Crippen molar-refractivity contribution in [3.8, 4) is 0 Å². The molecule has 214 valence electrons. The molecule has 2 aromatic rings. The molecule has 3 N–H and O–H groups in total. The Morgan fingerprint density at radius 2 is 2.08 bits per heavy atom. The summed E-state index contributed by atoms with van der Waals surface area (Å²) in [7, 11) is 0. The van der Waals surface area contributed by atoms with E-state index in [0.717, 1.165) is 56.6 Å². The van der Waals surface area contributed by atoms with Gasteiger partial charge in [-0.2, -0.15) is 0 Å². The van der Waals surface area contributed by atoms with Crippen LogP contribution >= 0.6 is 0 Å². The molecule has 0 saturated carbocycles. The summed E-state index contributed by atoms with van der Waals surface area (Å²) in [6, 6.07) is 7.73. The Hall–Kier alpha value is -2.17. The summed E-state index contributed by atoms with van der Waals surface area (Å²) < 4.78 is 40.8. The standard InChI is InChI=1S/C30H41F2N3O4/c31-23-9-7-22(18-39-25-12-15-38-19-25)26(16-23)28(30(36)37)35-14-11-21(17-35)27(32)6-2-1-5-24-10-8-20-4-3-13-33-29(20)34-24/h7-10,16,21,25,27-28,30,36-37H,1-6,11-15,17-19H2,(H,33,34)/t21-,25+,27?,28?/m1/s1. The van der Waals surface area contributed by atoms with Crippen LogP contribution in [0.25, 0.3) is 0 Å². The van der Waals surface area contributed by atoms with Gasteiger partial charge in [-0.15, -0.1) is 0 Å². The number of hydrogen-bond donors (Lipinski definition) is 3. The van der Waals surface area contributed by atoms with Crippen molar-refractivity contribution >= 4 is 5.82 Å². The number of unbranched alkanes of at least 4 members (excludes halogenated alkanes) is 1. The Morgan fingerprint density at radius 1 is 1.18 bits per heavy atom. The van der Waals surface area contributed by atoms with Crippen LogP contribution in [0.5, 0.6) is 0 Å². The number of aromatic nitrogens is 1. The van der Waals surface area contributed by atoms with Crippen LogP contribution in [0.4, 0.5) is 14.6 Å². The van der Waals surface area contributed by atoms with E-state index >= 15 is 4.39 Å². The summed E-state index contributed by atoms with van der Waals surface area (Å²) in [5, 5.41) is 24.0. The second-order valence-corrected chi connectivity index (χ2v) is 11.1. The molecule has 0 radical (unpaired) electrons. The summed E-state index contributed by atoms with van der Waals surface area (Å²) in [4.78, 5) is 6.61. The highest BCUT2D eigenvalue weighted by molar-refractivity contribution is 5.47. The van der Waals surface area contributed by atoms with E-state index in [1.54, 1.807) is 6.07 Å². The second kappa shape index (κ2) is 13.5. The lowest BCUT2D eigenvalue weighted by Crippen LogP contribution is -2.36. The highest BCUT2D eigenvalue weighted by Gasteiger charge is 2.37. The van der Waals surface area contributed by atoms with Gasteiger partial charge in [0, 0.05) is 31.3 Å². The molecule has 0 amide bonds. The number of nitrogens with one attached hydrogen (secondary N) is 1. The van der Waals surface area contributed by atoms with Crippen LogP contribution in [0, 0.1) is 11.7 Å². The molecule has 7 nitrogen and oxygen atoms in total. The van der Waals surface area contributed by atoms with E-state index in [-0.39, 0.29) is 18.6 Å². The Kier molecular flexibility index (Phi) is 9.79. The first-order valence-electron chi connectivity index (χ1n) is 14.4. The number of nitrogens with zero attached hydrogens (tertiary/aromatic N) is 2. The molecule has 2 fully saturated rings. The zero-order valence-corrected chi connectivity index (χ0v) is 22.5. The third-order valence-corrected chi connectivity index (χ3v) is 8.35. The zero-order chi connectivity index (χ0) is 27.2. The lowest BCUT2D eigenvalue weighted by Gasteiger charge is -2.31. The minimum absolute atomic E-state index is 0.0245. The fraction of sp³-hybridized carbons (Fsp3) is 0.633. The average Bonchev–Trinajstić information content (AvgIpc) is 3.63. The van der Waals surface area contributed by atoms with Gasteiger partial charge in [-0.05, 0) is 86.4 Å². The fourth-order valence-corrected chi connectivity index (χ4v) is 6.12. The van der Waals surface area contributed by atoms with Crippen molar-refractivity contribution in [1.29, 1.82) is 0 Å². The number of hydrogen-bond acceptors (Lipinski definition) is 7. The molecule has 2 unspecified atom stereocenters. The maximum absolute atomic E-state index is 15.3. The summed E-state index contributed by atoms with van der Waals surface area (Å²) in [5.41, 5.74) is 3.49. The molecule has 0 spiro atoms. The van der Waals surface area contributed by atoms with Crippen molar-refractivity contribution in [2.45, 2.75) is 82.6 Å². The molecule has 1 aromatic heterocycles. The van der Waals surface area contributed by atoms with Gasteiger partial charge in [0.1, 0.15) is 17.8 Å². The fourth-order valence-electron chi connectivity index (χ4n) is 6.12. The smallest absolute Gasteiger partial charge is 0.171 e. The minimum Gasteiger partial charge on any atom is -0.379 e. The van der Waals surface area contributed by atoms with E-state index in [0.29, 0.717) is 50.3 Å². The molecule has 5 rings (SSSR count). The SMILES string of the molecule is OC(O)C(c1cc(F)ccc1CO[C@H]1CCOC1)N1CC[C@@H](C(F)CCCCc2ccc3c(n2)NCCC3)C1. The van der Waals surface area contributed by atoms with Crippen molar-refractivity contribution in [3.05, 3.63) is 58.5 Å². The highest BCUT2D eigenvalue weighted by Crippen LogP contribution is 2.35. The number of benzene rings is 1. The van der Waals surface area contributed by atoms with Crippen LogP contribution in [0.1, 0.15) is 67.0 Å². The number of alkyl halides is 1. The number of aliphatic hydroxyl groups is 2. The number of aliphatic hydroxyl groups excluding tert-OH is 1. The van der Waals surface area contributed by atoms with Crippen molar-refractivity contribution in [2.24, 2.45) is 5.92 Å². The number of anilines is 1. The van der Waals surface area contributed by atoms with Gasteiger partial charge >= 0.3 is 0 Å². The molecule has 1 aromatic carbocycles. The van der Waals surface area contributed by atoms with E-state index in [4.69, 9.17) is 14.5 Å². The molecule has 4 atom stereocenters. The van der Waals surface area contributed by atoms with Crippen molar-refractivity contribution in [2.75, 3.05) is 38.2 Å². The molecule has 0 aliphatic carbocycles. The Labute approximate surface area is 229 Å². The number of rotatable bonds is 12. The lowest BCUT2D eigenvalue weighted by atomic mass is 9.96. The first-order chi connectivity index (χ1) is 19.0. The van der Waals surface area contributed by atoms with Gasteiger partial charge < -0.3 is 25.0 Å². The molecule has 2 saturated heterocycles. The summed E-state index contributed by atoms with van der Waals surface area (Å²) in [5.74, 6) is 0.350. The summed E-state index contributed by atoms with van der Waals surface area (Å²) in [6.45, 7) is 3.28. The van der Waals surface area contributed by atoms with Gasteiger partial charge in [-0.25, -0.2) is 13.8 Å². The van der Waals surface area contributed by atoms with Crippen molar-refractivity contribution in [1.82, 2.24) is 9.88 Å². The lowest BCUT2D eigenvalue weighted by molar-refractivity contribution is -0.0998. The average molecular weight is 546 g/mol. The number of fused-ring (bicyclic) bond motifs is 1.